The van der Waals surface area contributed by atoms with Crippen LogP contribution in [0.25, 0.3) is 0 Å². The van der Waals surface area contributed by atoms with Gasteiger partial charge in [-0.3, -0.25) is 13.9 Å². The summed E-state index contributed by atoms with van der Waals surface area (Å²) in [5.41, 5.74) is 2.95. The zero-order valence-electron chi connectivity index (χ0n) is 20.8. The van der Waals surface area contributed by atoms with Crippen LogP contribution in [0, 0.1) is 13.8 Å². The predicted molar refractivity (Wildman–Crippen MR) is 134 cm³/mol. The van der Waals surface area contributed by atoms with Crippen molar-refractivity contribution in [3.8, 4) is 5.75 Å². The first kappa shape index (κ1) is 27.2. The van der Waals surface area contributed by atoms with E-state index >= 15 is 0 Å². The topological polar surface area (TPSA) is 96.0 Å². The van der Waals surface area contributed by atoms with Crippen molar-refractivity contribution in [1.82, 2.24) is 10.2 Å². The van der Waals surface area contributed by atoms with E-state index < -0.39 is 28.5 Å². The highest BCUT2D eigenvalue weighted by Crippen LogP contribution is 2.22. The highest BCUT2D eigenvalue weighted by atomic mass is 32.2. The van der Waals surface area contributed by atoms with Gasteiger partial charge in [0.15, 0.2) is 0 Å². The van der Waals surface area contributed by atoms with Gasteiger partial charge >= 0.3 is 0 Å². The third-order valence-corrected chi connectivity index (χ3v) is 6.52. The number of amides is 2. The van der Waals surface area contributed by atoms with Gasteiger partial charge in [0.2, 0.25) is 21.8 Å². The Balaban J connectivity index is 2.41. The number of methoxy groups -OCH3 is 1. The number of hydrogen-bond acceptors (Lipinski definition) is 5. The second kappa shape index (κ2) is 11.9. The molecule has 8 nitrogen and oxygen atoms in total. The summed E-state index contributed by atoms with van der Waals surface area (Å²) >= 11 is 0. The van der Waals surface area contributed by atoms with Crippen LogP contribution < -0.4 is 14.4 Å². The summed E-state index contributed by atoms with van der Waals surface area (Å²) < 4.78 is 31.7. The molecule has 1 atom stereocenters. The number of nitrogens with zero attached hydrogens (tertiary/aromatic N) is 2. The fourth-order valence-corrected chi connectivity index (χ4v) is 4.49. The molecule has 0 aliphatic heterocycles. The molecule has 0 saturated carbocycles. The van der Waals surface area contributed by atoms with Gasteiger partial charge in [0.25, 0.3) is 0 Å². The van der Waals surface area contributed by atoms with Crippen LogP contribution >= 0.6 is 0 Å². The van der Waals surface area contributed by atoms with Crippen LogP contribution in [0.2, 0.25) is 0 Å². The van der Waals surface area contributed by atoms with Gasteiger partial charge in [-0.05, 0) is 68.1 Å². The first-order chi connectivity index (χ1) is 16.0. The minimum atomic E-state index is -3.76. The fraction of sp³-hybridized carbons (Fsp3) is 0.440. The molecule has 0 bridgehead atoms. The molecule has 34 heavy (non-hydrogen) atoms. The van der Waals surface area contributed by atoms with Gasteiger partial charge in [0.1, 0.15) is 18.3 Å². The molecule has 0 radical (unpaired) electrons. The number of carbonyl (C=O) groups is 2. The van der Waals surface area contributed by atoms with Crippen molar-refractivity contribution < 1.29 is 22.7 Å². The molecular formula is C25H35N3O5S. The normalized spacial score (nSPS) is 12.1. The maximum atomic E-state index is 13.5. The van der Waals surface area contributed by atoms with E-state index in [2.05, 4.69) is 5.32 Å². The fourth-order valence-electron chi connectivity index (χ4n) is 3.65. The van der Waals surface area contributed by atoms with E-state index in [9.17, 15) is 18.0 Å². The summed E-state index contributed by atoms with van der Waals surface area (Å²) in [5.74, 6) is -0.150. The minimum absolute atomic E-state index is 0.126. The maximum absolute atomic E-state index is 13.5. The molecule has 0 aromatic heterocycles. The molecule has 1 unspecified atom stereocenters. The number of hydrogen-bond donors (Lipinski definition) is 1. The largest absolute Gasteiger partial charge is 0.497 e. The molecule has 9 heteroatoms. The second-order valence-electron chi connectivity index (χ2n) is 8.46. The lowest BCUT2D eigenvalue weighted by Gasteiger charge is -2.31. The molecule has 0 aliphatic carbocycles. The lowest BCUT2D eigenvalue weighted by molar-refractivity contribution is -0.139. The Labute approximate surface area is 202 Å². The summed E-state index contributed by atoms with van der Waals surface area (Å²) in [7, 11) is -2.21. The van der Waals surface area contributed by atoms with Crippen LogP contribution in [0.3, 0.4) is 0 Å². The van der Waals surface area contributed by atoms with Crippen molar-refractivity contribution in [2.24, 2.45) is 0 Å². The zero-order valence-corrected chi connectivity index (χ0v) is 21.6. The highest BCUT2D eigenvalue weighted by Gasteiger charge is 2.30. The Morgan fingerprint density at radius 1 is 1.09 bits per heavy atom. The first-order valence-electron chi connectivity index (χ1n) is 11.2. The average molecular weight is 490 g/mol. The van der Waals surface area contributed by atoms with Crippen LogP contribution in [0.1, 0.15) is 37.0 Å². The van der Waals surface area contributed by atoms with E-state index in [0.29, 0.717) is 18.0 Å². The second-order valence-corrected chi connectivity index (χ2v) is 10.4. The van der Waals surface area contributed by atoms with E-state index in [4.69, 9.17) is 4.74 Å². The zero-order chi connectivity index (χ0) is 25.5. The smallest absolute Gasteiger partial charge is 0.244 e. The maximum Gasteiger partial charge on any atom is 0.244 e. The van der Waals surface area contributed by atoms with Gasteiger partial charge in [0.05, 0.1) is 19.1 Å². The monoisotopic (exact) mass is 489 g/mol. The van der Waals surface area contributed by atoms with Crippen molar-refractivity contribution in [3.63, 3.8) is 0 Å². The van der Waals surface area contributed by atoms with Gasteiger partial charge < -0.3 is 15.0 Å². The Bertz CT molecular complexity index is 1100. The summed E-state index contributed by atoms with van der Waals surface area (Å²) in [6.07, 6.45) is 1.83. The number of rotatable bonds is 11. The van der Waals surface area contributed by atoms with Crippen LogP contribution in [-0.4, -0.2) is 57.6 Å². The molecule has 2 amide bonds. The molecule has 0 spiro atoms. The van der Waals surface area contributed by atoms with Gasteiger partial charge in [-0.25, -0.2) is 8.42 Å². The molecule has 2 aromatic carbocycles. The number of anilines is 1. The van der Waals surface area contributed by atoms with Gasteiger partial charge in [-0.2, -0.15) is 0 Å². The molecule has 0 aliphatic rings. The molecule has 0 fully saturated rings. The predicted octanol–water partition coefficient (Wildman–Crippen LogP) is 3.02. The number of benzene rings is 2. The summed E-state index contributed by atoms with van der Waals surface area (Å²) in [6.45, 7) is 7.52. The third-order valence-electron chi connectivity index (χ3n) is 5.38. The molecular weight excluding hydrogens is 454 g/mol. The van der Waals surface area contributed by atoms with E-state index in [0.717, 1.165) is 33.7 Å². The van der Waals surface area contributed by atoms with E-state index in [1.165, 1.54) is 4.90 Å². The molecule has 0 saturated heterocycles. The van der Waals surface area contributed by atoms with Crippen LogP contribution in [0.15, 0.2) is 42.5 Å². The Hall–Kier alpha value is -3.07. The highest BCUT2D eigenvalue weighted by molar-refractivity contribution is 7.92. The van der Waals surface area contributed by atoms with E-state index in [1.807, 2.05) is 32.9 Å². The standard InChI is InChI=1S/C25H35N3O5S/c1-7-11-26-25(30)20(4)27(16-21-9-8-10-23(15-21)33-5)24(29)17-28(34(6,31)32)22-13-18(2)12-19(3)14-22/h8-10,12-15,20H,7,11,16-17H2,1-6H3,(H,26,30). The number of carbonyl (C=O) groups excluding carboxylic acids is 2. The number of sulfonamides is 1. The number of ether oxygens (including phenoxy) is 1. The van der Waals surface area contributed by atoms with Crippen LogP contribution in [0.5, 0.6) is 5.75 Å². The first-order valence-corrected chi connectivity index (χ1v) is 13.1. The van der Waals surface area contributed by atoms with Gasteiger partial charge in [-0.15, -0.1) is 0 Å². The number of aryl methyl sites for hydroxylation is 2. The summed E-state index contributed by atoms with van der Waals surface area (Å²) in [4.78, 5) is 27.7. The molecule has 2 aromatic rings. The van der Waals surface area contributed by atoms with Crippen molar-refractivity contribution in [2.75, 3.05) is 30.8 Å². The van der Waals surface area contributed by atoms with Gasteiger partial charge in [0, 0.05) is 13.1 Å². The van der Waals surface area contributed by atoms with Crippen molar-refractivity contribution in [2.45, 2.75) is 46.7 Å². The molecule has 0 heterocycles. The Kier molecular flexibility index (Phi) is 9.49. The van der Waals surface area contributed by atoms with Gasteiger partial charge in [-0.1, -0.05) is 25.1 Å². The van der Waals surface area contributed by atoms with E-state index in [-0.39, 0.29) is 12.5 Å². The molecule has 186 valence electrons. The quantitative estimate of drug-likeness (QED) is 0.523. The van der Waals surface area contributed by atoms with Crippen LogP contribution in [-0.2, 0) is 26.2 Å². The van der Waals surface area contributed by atoms with E-state index in [1.54, 1.807) is 44.4 Å². The SMILES string of the molecule is CCCNC(=O)C(C)N(Cc1cccc(OC)c1)C(=O)CN(c1cc(C)cc(C)c1)S(C)(=O)=O. The van der Waals surface area contributed by atoms with Crippen molar-refractivity contribution in [1.29, 1.82) is 0 Å². The Morgan fingerprint density at radius 2 is 1.74 bits per heavy atom. The lowest BCUT2D eigenvalue weighted by Crippen LogP contribution is -2.51. The minimum Gasteiger partial charge on any atom is -0.497 e. The Morgan fingerprint density at radius 3 is 2.29 bits per heavy atom. The number of nitrogens with one attached hydrogen (secondary N) is 1. The summed E-state index contributed by atoms with van der Waals surface area (Å²) in [6, 6.07) is 11.8. The van der Waals surface area contributed by atoms with Crippen molar-refractivity contribution in [3.05, 3.63) is 59.2 Å². The molecule has 1 N–H and O–H groups in total. The van der Waals surface area contributed by atoms with Crippen LogP contribution in [0.4, 0.5) is 5.69 Å². The lowest BCUT2D eigenvalue weighted by atomic mass is 10.1. The molecule has 2 rings (SSSR count). The average Bonchev–Trinajstić information content (AvgIpc) is 2.77. The van der Waals surface area contributed by atoms with Crippen molar-refractivity contribution >= 4 is 27.5 Å². The summed E-state index contributed by atoms with van der Waals surface area (Å²) in [5, 5.41) is 2.82. The third kappa shape index (κ3) is 7.48.